The second-order valence-corrected chi connectivity index (χ2v) is 6.59. The van der Waals surface area contributed by atoms with E-state index in [1.807, 2.05) is 0 Å². The van der Waals surface area contributed by atoms with Crippen molar-refractivity contribution in [3.05, 3.63) is 34.9 Å². The summed E-state index contributed by atoms with van der Waals surface area (Å²) in [6, 6.07) is 6.83. The molecule has 0 unspecified atom stereocenters. The largest absolute Gasteiger partial charge is 0.317 e. The molecule has 0 amide bonds. The third-order valence-corrected chi connectivity index (χ3v) is 3.97. The van der Waals surface area contributed by atoms with E-state index >= 15 is 0 Å². The summed E-state index contributed by atoms with van der Waals surface area (Å²) in [6.45, 7) is 13.7. The van der Waals surface area contributed by atoms with Gasteiger partial charge in [-0.3, -0.25) is 0 Å². The van der Waals surface area contributed by atoms with E-state index in [0.717, 1.165) is 13.1 Å². The van der Waals surface area contributed by atoms with Crippen LogP contribution in [0.3, 0.4) is 0 Å². The second-order valence-electron chi connectivity index (χ2n) is 6.59. The number of nitrogens with one attached hydrogen (secondary N) is 1. The van der Waals surface area contributed by atoms with Gasteiger partial charge >= 0.3 is 0 Å². The molecule has 0 spiro atoms. The SMILES string of the molecule is CCCNCCC(C)(C)CCc1ccc(C)cc1C. The van der Waals surface area contributed by atoms with Crippen LogP contribution in [0, 0.1) is 19.3 Å². The van der Waals surface area contributed by atoms with Gasteiger partial charge in [0.05, 0.1) is 0 Å². The average Bonchev–Trinajstić information content (AvgIpc) is 2.34. The van der Waals surface area contributed by atoms with Gasteiger partial charge in [-0.1, -0.05) is 44.5 Å². The first-order valence-corrected chi connectivity index (χ1v) is 7.71. The fourth-order valence-corrected chi connectivity index (χ4v) is 2.45. The van der Waals surface area contributed by atoms with Crippen molar-refractivity contribution < 1.29 is 0 Å². The summed E-state index contributed by atoms with van der Waals surface area (Å²) in [6.07, 6.45) is 4.96. The molecule has 0 aliphatic carbocycles. The van der Waals surface area contributed by atoms with Crippen LogP contribution in [0.25, 0.3) is 0 Å². The molecule has 0 aromatic heterocycles. The van der Waals surface area contributed by atoms with Gasteiger partial charge < -0.3 is 5.32 Å². The molecule has 1 aromatic carbocycles. The molecular weight excluding hydrogens is 230 g/mol. The Bertz CT molecular complexity index is 379. The predicted molar refractivity (Wildman–Crippen MR) is 85.8 cm³/mol. The van der Waals surface area contributed by atoms with Crippen LogP contribution in [0.1, 0.15) is 56.7 Å². The topological polar surface area (TPSA) is 12.0 Å². The smallest absolute Gasteiger partial charge is 0.00438 e. The number of hydrogen-bond acceptors (Lipinski definition) is 1. The Morgan fingerprint density at radius 3 is 2.42 bits per heavy atom. The highest BCUT2D eigenvalue weighted by Gasteiger charge is 2.17. The van der Waals surface area contributed by atoms with E-state index in [0.29, 0.717) is 5.41 Å². The maximum atomic E-state index is 3.51. The Morgan fingerprint density at radius 1 is 1.05 bits per heavy atom. The van der Waals surface area contributed by atoms with Gasteiger partial charge in [0.1, 0.15) is 0 Å². The first-order chi connectivity index (χ1) is 8.94. The van der Waals surface area contributed by atoms with Crippen molar-refractivity contribution in [3.63, 3.8) is 0 Å². The fourth-order valence-electron chi connectivity index (χ4n) is 2.45. The van der Waals surface area contributed by atoms with E-state index in [9.17, 15) is 0 Å². The van der Waals surface area contributed by atoms with Crippen LogP contribution < -0.4 is 5.32 Å². The van der Waals surface area contributed by atoms with Gasteiger partial charge in [-0.25, -0.2) is 0 Å². The standard InChI is InChI=1S/C18H31N/c1-6-12-19-13-11-18(4,5)10-9-17-8-7-15(2)14-16(17)3/h7-8,14,19H,6,9-13H2,1-5H3. The van der Waals surface area contributed by atoms with E-state index in [2.05, 4.69) is 58.1 Å². The van der Waals surface area contributed by atoms with Crippen LogP contribution in [0.2, 0.25) is 0 Å². The summed E-state index contributed by atoms with van der Waals surface area (Å²) >= 11 is 0. The Labute approximate surface area is 119 Å². The third-order valence-electron chi connectivity index (χ3n) is 3.97. The minimum absolute atomic E-state index is 0.429. The summed E-state index contributed by atoms with van der Waals surface area (Å²) in [5.74, 6) is 0. The van der Waals surface area contributed by atoms with Gasteiger partial charge in [-0.2, -0.15) is 0 Å². The van der Waals surface area contributed by atoms with E-state index in [-0.39, 0.29) is 0 Å². The lowest BCUT2D eigenvalue weighted by Crippen LogP contribution is -2.23. The van der Waals surface area contributed by atoms with Crippen molar-refractivity contribution in [1.82, 2.24) is 5.32 Å². The van der Waals surface area contributed by atoms with Crippen LogP contribution in [-0.2, 0) is 6.42 Å². The van der Waals surface area contributed by atoms with Crippen LogP contribution >= 0.6 is 0 Å². The summed E-state index contributed by atoms with van der Waals surface area (Å²) in [5, 5.41) is 3.51. The molecule has 19 heavy (non-hydrogen) atoms. The molecule has 1 aromatic rings. The molecule has 0 saturated carbocycles. The molecule has 0 saturated heterocycles. The Hall–Kier alpha value is -0.820. The molecule has 1 N–H and O–H groups in total. The number of rotatable bonds is 8. The van der Waals surface area contributed by atoms with Gasteiger partial charge in [-0.15, -0.1) is 0 Å². The highest BCUT2D eigenvalue weighted by molar-refractivity contribution is 5.30. The zero-order valence-corrected chi connectivity index (χ0v) is 13.5. The lowest BCUT2D eigenvalue weighted by Gasteiger charge is -2.25. The molecule has 0 aliphatic heterocycles. The van der Waals surface area contributed by atoms with Gasteiger partial charge in [0, 0.05) is 0 Å². The molecule has 0 bridgehead atoms. The molecule has 108 valence electrons. The highest BCUT2D eigenvalue weighted by Crippen LogP contribution is 2.27. The van der Waals surface area contributed by atoms with Crippen molar-refractivity contribution in [2.45, 2.75) is 60.3 Å². The number of hydrogen-bond donors (Lipinski definition) is 1. The minimum atomic E-state index is 0.429. The molecule has 1 nitrogen and oxygen atoms in total. The Morgan fingerprint density at radius 2 is 1.79 bits per heavy atom. The molecular formula is C18H31N. The third kappa shape index (κ3) is 6.24. The molecule has 1 rings (SSSR count). The van der Waals surface area contributed by atoms with Crippen molar-refractivity contribution in [1.29, 1.82) is 0 Å². The molecule has 1 heteroatoms. The molecule has 0 radical (unpaired) electrons. The van der Waals surface area contributed by atoms with Gasteiger partial charge in [0.15, 0.2) is 0 Å². The van der Waals surface area contributed by atoms with E-state index in [1.54, 1.807) is 0 Å². The van der Waals surface area contributed by atoms with Crippen molar-refractivity contribution in [3.8, 4) is 0 Å². The zero-order valence-electron chi connectivity index (χ0n) is 13.5. The number of benzene rings is 1. The van der Waals surface area contributed by atoms with Crippen molar-refractivity contribution in [2.75, 3.05) is 13.1 Å². The first kappa shape index (κ1) is 16.2. The lowest BCUT2D eigenvalue weighted by atomic mass is 9.82. The Kier molecular flexibility index (Phi) is 6.57. The monoisotopic (exact) mass is 261 g/mol. The van der Waals surface area contributed by atoms with Gasteiger partial charge in [-0.05, 0) is 69.2 Å². The molecule has 0 atom stereocenters. The number of aryl methyl sites for hydroxylation is 3. The minimum Gasteiger partial charge on any atom is -0.317 e. The summed E-state index contributed by atoms with van der Waals surface area (Å²) in [4.78, 5) is 0. The summed E-state index contributed by atoms with van der Waals surface area (Å²) in [7, 11) is 0. The van der Waals surface area contributed by atoms with Crippen molar-refractivity contribution >= 4 is 0 Å². The average molecular weight is 261 g/mol. The first-order valence-electron chi connectivity index (χ1n) is 7.71. The van der Waals surface area contributed by atoms with Gasteiger partial charge in [0.25, 0.3) is 0 Å². The normalized spacial score (nSPS) is 11.8. The van der Waals surface area contributed by atoms with Crippen molar-refractivity contribution in [2.24, 2.45) is 5.41 Å². The summed E-state index contributed by atoms with van der Waals surface area (Å²) < 4.78 is 0. The van der Waals surface area contributed by atoms with E-state index in [4.69, 9.17) is 0 Å². The van der Waals surface area contributed by atoms with Gasteiger partial charge in [0.2, 0.25) is 0 Å². The maximum absolute atomic E-state index is 3.51. The maximum Gasteiger partial charge on any atom is -0.00438 e. The lowest BCUT2D eigenvalue weighted by molar-refractivity contribution is 0.302. The van der Waals surface area contributed by atoms with Crippen LogP contribution in [0.5, 0.6) is 0 Å². The van der Waals surface area contributed by atoms with Crippen LogP contribution in [-0.4, -0.2) is 13.1 Å². The van der Waals surface area contributed by atoms with Crippen LogP contribution in [0.15, 0.2) is 18.2 Å². The molecule has 0 fully saturated rings. The van der Waals surface area contributed by atoms with E-state index < -0.39 is 0 Å². The summed E-state index contributed by atoms with van der Waals surface area (Å²) in [5.41, 5.74) is 4.75. The van der Waals surface area contributed by atoms with E-state index in [1.165, 1.54) is 42.4 Å². The molecule has 0 heterocycles. The second kappa shape index (κ2) is 7.69. The Balaban J connectivity index is 2.41. The van der Waals surface area contributed by atoms with Crippen LogP contribution in [0.4, 0.5) is 0 Å². The highest BCUT2D eigenvalue weighted by atomic mass is 14.8. The quantitative estimate of drug-likeness (QED) is 0.672. The predicted octanol–water partition coefficient (Wildman–Crippen LogP) is 4.65. The molecule has 0 aliphatic rings. The zero-order chi connectivity index (χ0) is 14.3. The fraction of sp³-hybridized carbons (Fsp3) is 0.667.